The standard InChI is InChI=1S/C4H6BrN3/c1-8-3-4(2-5)6-7-8/h3H,2H2,1H3. The minimum absolute atomic E-state index is 0.779. The maximum atomic E-state index is 3.80. The Morgan fingerprint density at radius 1 is 1.88 bits per heavy atom. The Morgan fingerprint density at radius 3 is 2.88 bits per heavy atom. The first-order valence-corrected chi connectivity index (χ1v) is 3.36. The summed E-state index contributed by atoms with van der Waals surface area (Å²) in [5.74, 6) is 0. The van der Waals surface area contributed by atoms with E-state index in [1.165, 1.54) is 0 Å². The van der Waals surface area contributed by atoms with Crippen LogP contribution in [0.4, 0.5) is 0 Å². The van der Waals surface area contributed by atoms with Gasteiger partial charge in [-0.3, -0.25) is 4.68 Å². The lowest BCUT2D eigenvalue weighted by atomic mass is 10.6. The Morgan fingerprint density at radius 2 is 2.62 bits per heavy atom. The summed E-state index contributed by atoms with van der Waals surface area (Å²) in [4.78, 5) is 0. The molecule has 1 aromatic heterocycles. The number of rotatable bonds is 1. The highest BCUT2D eigenvalue weighted by molar-refractivity contribution is 9.08. The molecule has 4 heteroatoms. The van der Waals surface area contributed by atoms with Gasteiger partial charge in [0.1, 0.15) is 0 Å². The summed E-state index contributed by atoms with van der Waals surface area (Å²) < 4.78 is 1.68. The predicted molar refractivity (Wildman–Crippen MR) is 33.6 cm³/mol. The van der Waals surface area contributed by atoms with E-state index in [9.17, 15) is 0 Å². The number of hydrogen-bond donors (Lipinski definition) is 0. The van der Waals surface area contributed by atoms with E-state index in [1.807, 2.05) is 13.2 Å². The van der Waals surface area contributed by atoms with Gasteiger partial charge in [-0.2, -0.15) is 0 Å². The molecule has 0 aromatic carbocycles. The Hall–Kier alpha value is -0.380. The van der Waals surface area contributed by atoms with Crippen LogP contribution in [0.1, 0.15) is 5.69 Å². The lowest BCUT2D eigenvalue weighted by molar-refractivity contribution is 0.714. The zero-order valence-electron chi connectivity index (χ0n) is 4.50. The predicted octanol–water partition coefficient (Wildman–Crippen LogP) is 0.710. The van der Waals surface area contributed by atoms with Crippen molar-refractivity contribution in [2.24, 2.45) is 7.05 Å². The molecular formula is C4H6BrN3. The zero-order valence-corrected chi connectivity index (χ0v) is 6.09. The molecule has 0 spiro atoms. The molecule has 0 amide bonds. The van der Waals surface area contributed by atoms with Crippen LogP contribution in [0.3, 0.4) is 0 Å². The minimum atomic E-state index is 0.779. The summed E-state index contributed by atoms with van der Waals surface area (Å²) in [6, 6.07) is 0. The maximum Gasteiger partial charge on any atom is 0.0932 e. The van der Waals surface area contributed by atoms with E-state index in [2.05, 4.69) is 26.2 Å². The molecule has 0 saturated carbocycles. The summed E-state index contributed by atoms with van der Waals surface area (Å²) >= 11 is 3.25. The molecule has 0 N–H and O–H groups in total. The summed E-state index contributed by atoms with van der Waals surface area (Å²) in [7, 11) is 1.85. The van der Waals surface area contributed by atoms with Crippen LogP contribution in [-0.4, -0.2) is 15.0 Å². The lowest BCUT2D eigenvalue weighted by Crippen LogP contribution is -1.85. The van der Waals surface area contributed by atoms with Gasteiger partial charge >= 0.3 is 0 Å². The smallest absolute Gasteiger partial charge is 0.0932 e. The number of hydrogen-bond acceptors (Lipinski definition) is 2. The average molecular weight is 176 g/mol. The van der Waals surface area contributed by atoms with Gasteiger partial charge in [0.15, 0.2) is 0 Å². The van der Waals surface area contributed by atoms with Crippen molar-refractivity contribution in [3.63, 3.8) is 0 Å². The van der Waals surface area contributed by atoms with Gasteiger partial charge in [0.25, 0.3) is 0 Å². The monoisotopic (exact) mass is 175 g/mol. The van der Waals surface area contributed by atoms with E-state index >= 15 is 0 Å². The van der Waals surface area contributed by atoms with Crippen LogP contribution < -0.4 is 0 Å². The fourth-order valence-electron chi connectivity index (χ4n) is 0.457. The fourth-order valence-corrected chi connectivity index (χ4v) is 0.713. The molecular weight excluding hydrogens is 170 g/mol. The second-order valence-corrected chi connectivity index (χ2v) is 2.08. The van der Waals surface area contributed by atoms with E-state index in [4.69, 9.17) is 0 Å². The Bertz CT molecular complexity index is 172. The van der Waals surface area contributed by atoms with E-state index in [-0.39, 0.29) is 0 Å². The number of alkyl halides is 1. The highest BCUT2D eigenvalue weighted by atomic mass is 79.9. The first-order chi connectivity index (χ1) is 3.83. The molecule has 3 nitrogen and oxygen atoms in total. The number of aryl methyl sites for hydroxylation is 1. The molecule has 44 valence electrons. The molecule has 0 saturated heterocycles. The van der Waals surface area contributed by atoms with Crippen molar-refractivity contribution in [2.45, 2.75) is 5.33 Å². The Kier molecular flexibility index (Phi) is 1.62. The van der Waals surface area contributed by atoms with E-state index in [1.54, 1.807) is 4.68 Å². The lowest BCUT2D eigenvalue weighted by Gasteiger charge is -1.77. The second-order valence-electron chi connectivity index (χ2n) is 1.52. The van der Waals surface area contributed by atoms with Crippen molar-refractivity contribution in [1.29, 1.82) is 0 Å². The van der Waals surface area contributed by atoms with Gasteiger partial charge in [0.05, 0.1) is 5.69 Å². The molecule has 0 bridgehead atoms. The third-order valence-electron chi connectivity index (χ3n) is 0.787. The van der Waals surface area contributed by atoms with E-state index in [0.29, 0.717) is 0 Å². The van der Waals surface area contributed by atoms with Crippen LogP contribution in [0, 0.1) is 0 Å². The van der Waals surface area contributed by atoms with Gasteiger partial charge in [-0.1, -0.05) is 21.1 Å². The van der Waals surface area contributed by atoms with Crippen LogP contribution in [0.15, 0.2) is 6.20 Å². The third-order valence-corrected chi connectivity index (χ3v) is 1.36. The van der Waals surface area contributed by atoms with E-state index in [0.717, 1.165) is 11.0 Å². The number of aromatic nitrogens is 3. The van der Waals surface area contributed by atoms with Gasteiger partial charge in [-0.15, -0.1) is 5.10 Å². The molecule has 0 aliphatic rings. The summed E-state index contributed by atoms with van der Waals surface area (Å²) in [5, 5.41) is 8.30. The third kappa shape index (κ3) is 1.06. The molecule has 1 heterocycles. The highest BCUT2D eigenvalue weighted by Crippen LogP contribution is 1.96. The van der Waals surface area contributed by atoms with Crippen molar-refractivity contribution in [1.82, 2.24) is 15.0 Å². The van der Waals surface area contributed by atoms with Crippen molar-refractivity contribution in [2.75, 3.05) is 0 Å². The number of nitrogens with zero attached hydrogens (tertiary/aromatic N) is 3. The van der Waals surface area contributed by atoms with Crippen molar-refractivity contribution >= 4 is 15.9 Å². The van der Waals surface area contributed by atoms with Gasteiger partial charge in [0.2, 0.25) is 0 Å². The zero-order chi connectivity index (χ0) is 5.98. The molecule has 0 radical (unpaired) electrons. The van der Waals surface area contributed by atoms with Crippen LogP contribution in [0.2, 0.25) is 0 Å². The highest BCUT2D eigenvalue weighted by Gasteiger charge is 1.91. The molecule has 0 aliphatic heterocycles. The molecule has 1 rings (SSSR count). The quantitative estimate of drug-likeness (QED) is 0.590. The molecule has 0 atom stereocenters. The number of halogens is 1. The van der Waals surface area contributed by atoms with Gasteiger partial charge in [0, 0.05) is 18.6 Å². The fraction of sp³-hybridized carbons (Fsp3) is 0.500. The maximum absolute atomic E-state index is 3.80. The van der Waals surface area contributed by atoms with Crippen molar-refractivity contribution in [3.05, 3.63) is 11.9 Å². The Balaban J connectivity index is 2.84. The topological polar surface area (TPSA) is 30.7 Å². The van der Waals surface area contributed by atoms with Gasteiger partial charge in [-0.25, -0.2) is 0 Å². The normalized spacial score (nSPS) is 9.75. The van der Waals surface area contributed by atoms with Crippen LogP contribution in [0.5, 0.6) is 0 Å². The van der Waals surface area contributed by atoms with E-state index < -0.39 is 0 Å². The largest absolute Gasteiger partial charge is 0.255 e. The van der Waals surface area contributed by atoms with Crippen molar-refractivity contribution < 1.29 is 0 Å². The van der Waals surface area contributed by atoms with Crippen LogP contribution in [0.25, 0.3) is 0 Å². The second kappa shape index (κ2) is 2.26. The molecule has 8 heavy (non-hydrogen) atoms. The van der Waals surface area contributed by atoms with Crippen LogP contribution in [-0.2, 0) is 12.4 Å². The van der Waals surface area contributed by atoms with Crippen LogP contribution >= 0.6 is 15.9 Å². The SMILES string of the molecule is Cn1cc(CBr)nn1. The summed E-state index contributed by atoms with van der Waals surface area (Å²) in [6.45, 7) is 0. The van der Waals surface area contributed by atoms with Gasteiger partial charge in [-0.05, 0) is 0 Å². The molecule has 0 aliphatic carbocycles. The summed E-state index contributed by atoms with van der Waals surface area (Å²) in [6.07, 6.45) is 1.87. The minimum Gasteiger partial charge on any atom is -0.255 e. The van der Waals surface area contributed by atoms with Gasteiger partial charge < -0.3 is 0 Å². The molecule has 1 aromatic rings. The van der Waals surface area contributed by atoms with Crippen molar-refractivity contribution in [3.8, 4) is 0 Å². The summed E-state index contributed by atoms with van der Waals surface area (Å²) in [5.41, 5.74) is 0.965. The average Bonchev–Trinajstić information content (AvgIpc) is 2.14. The first kappa shape index (κ1) is 5.75. The molecule has 0 fully saturated rings. The first-order valence-electron chi connectivity index (χ1n) is 2.24. The molecule has 0 unspecified atom stereocenters. The Labute approximate surface area is 55.8 Å².